The zero-order chi connectivity index (χ0) is 25.5. The summed E-state index contributed by atoms with van der Waals surface area (Å²) in [5.41, 5.74) is 0.0439. The number of likely N-dealkylation sites (tertiary alicyclic amines) is 1. The number of anilines is 1. The van der Waals surface area contributed by atoms with E-state index in [0.29, 0.717) is 22.7 Å². The Kier molecular flexibility index (Phi) is 6.39. The van der Waals surface area contributed by atoms with Gasteiger partial charge in [0.15, 0.2) is 17.3 Å². The highest BCUT2D eigenvalue weighted by Crippen LogP contribution is 2.26. The summed E-state index contributed by atoms with van der Waals surface area (Å²) in [7, 11) is 0. The molecule has 11 heteroatoms. The molecule has 4 heterocycles. The van der Waals surface area contributed by atoms with Gasteiger partial charge in [-0.25, -0.2) is 23.5 Å². The summed E-state index contributed by atoms with van der Waals surface area (Å²) in [4.78, 5) is 26.8. The number of carbonyl (C=O) groups excluding carboxylic acids is 1. The van der Waals surface area contributed by atoms with Crippen LogP contribution < -0.4 is 5.32 Å². The molecule has 0 aliphatic carbocycles. The number of nitrogens with one attached hydrogen (secondary N) is 1. The van der Waals surface area contributed by atoms with Crippen molar-refractivity contribution in [2.75, 3.05) is 18.4 Å². The number of imidazole rings is 1. The van der Waals surface area contributed by atoms with Gasteiger partial charge in [0.25, 0.3) is 0 Å². The number of pyridine rings is 1. The zero-order valence-corrected chi connectivity index (χ0v) is 20.4. The van der Waals surface area contributed by atoms with E-state index in [1.807, 2.05) is 0 Å². The van der Waals surface area contributed by atoms with E-state index in [0.717, 1.165) is 0 Å². The largest absolute Gasteiger partial charge is 0.444 e. The minimum Gasteiger partial charge on any atom is -0.444 e. The average molecular weight is 489 g/mol. The van der Waals surface area contributed by atoms with Crippen molar-refractivity contribution in [3.63, 3.8) is 0 Å². The highest BCUT2D eigenvalue weighted by atomic mass is 19.1. The maximum atomic E-state index is 14.7. The molecule has 3 aromatic rings. The molecule has 3 aromatic heterocycles. The van der Waals surface area contributed by atoms with E-state index >= 15 is 0 Å². The predicted molar refractivity (Wildman–Crippen MR) is 126 cm³/mol. The third kappa shape index (κ3) is 5.50. The number of carbonyl (C=O) groups is 1. The first-order valence-corrected chi connectivity index (χ1v) is 11.4. The number of hydrogen-bond donors (Lipinski definition) is 2. The summed E-state index contributed by atoms with van der Waals surface area (Å²) < 4.78 is 36.5. The summed E-state index contributed by atoms with van der Waals surface area (Å²) in [6.45, 7) is 8.74. The quantitative estimate of drug-likeness (QED) is 0.574. The minimum atomic E-state index is -1.30. The fraction of sp³-hybridized carbons (Fsp3) is 0.500. The van der Waals surface area contributed by atoms with Crippen molar-refractivity contribution in [2.24, 2.45) is 0 Å². The van der Waals surface area contributed by atoms with Gasteiger partial charge in [-0.05, 0) is 53.2 Å². The molecular weight excluding hydrogens is 458 g/mol. The number of aromatic nitrogens is 4. The molecule has 1 saturated heterocycles. The van der Waals surface area contributed by atoms with E-state index in [4.69, 9.17) is 4.74 Å². The van der Waals surface area contributed by atoms with Crippen LogP contribution in [0.2, 0.25) is 0 Å². The maximum absolute atomic E-state index is 14.7. The molecule has 35 heavy (non-hydrogen) atoms. The van der Waals surface area contributed by atoms with Crippen LogP contribution in [-0.4, -0.2) is 66.4 Å². The second-order valence-corrected chi connectivity index (χ2v) is 10.2. The molecule has 0 aromatic carbocycles. The van der Waals surface area contributed by atoms with Crippen molar-refractivity contribution >= 4 is 17.6 Å². The molecule has 1 amide bonds. The summed E-state index contributed by atoms with van der Waals surface area (Å²) in [5, 5.41) is 13.2. The van der Waals surface area contributed by atoms with Crippen molar-refractivity contribution in [1.29, 1.82) is 0 Å². The van der Waals surface area contributed by atoms with Gasteiger partial charge in [0, 0.05) is 19.3 Å². The van der Waals surface area contributed by atoms with Gasteiger partial charge in [-0.15, -0.1) is 0 Å². The molecular formula is C24H30F2N6O3. The molecule has 1 aliphatic heterocycles. The number of alkyl halides is 1. The molecule has 4 rings (SSSR count). The van der Waals surface area contributed by atoms with Gasteiger partial charge >= 0.3 is 6.09 Å². The lowest BCUT2D eigenvalue weighted by molar-refractivity contribution is 0.0150. The molecule has 0 unspecified atom stereocenters. The first-order valence-electron chi connectivity index (χ1n) is 11.4. The second-order valence-electron chi connectivity index (χ2n) is 10.2. The van der Waals surface area contributed by atoms with E-state index in [1.165, 1.54) is 23.2 Å². The molecule has 0 spiro atoms. The van der Waals surface area contributed by atoms with Crippen LogP contribution in [0.25, 0.3) is 17.0 Å². The van der Waals surface area contributed by atoms with Crippen molar-refractivity contribution in [1.82, 2.24) is 24.3 Å². The molecule has 0 radical (unpaired) electrons. The summed E-state index contributed by atoms with van der Waals surface area (Å²) in [5.74, 6) is -0.782. The van der Waals surface area contributed by atoms with Gasteiger partial charge in [0.2, 0.25) is 0 Å². The number of aliphatic hydroxyl groups is 1. The Hall–Kier alpha value is -3.34. The van der Waals surface area contributed by atoms with Crippen LogP contribution in [-0.2, 0) is 10.3 Å². The van der Waals surface area contributed by atoms with Crippen LogP contribution in [0.3, 0.4) is 0 Å². The van der Waals surface area contributed by atoms with Gasteiger partial charge < -0.3 is 20.1 Å². The molecule has 9 nitrogen and oxygen atoms in total. The first kappa shape index (κ1) is 24.8. The van der Waals surface area contributed by atoms with Gasteiger partial charge in [-0.1, -0.05) is 0 Å². The van der Waals surface area contributed by atoms with Crippen LogP contribution >= 0.6 is 0 Å². The topological polar surface area (TPSA) is 105 Å². The SMILES string of the molecule is CC(C)(C)OC(=O)N1CC[C@H](F)[C@@H](Nc2nc(-c3cnc4cnc(C(C)(C)O)cn34)ccc2F)C1. The van der Waals surface area contributed by atoms with E-state index in [9.17, 15) is 18.7 Å². The van der Waals surface area contributed by atoms with Crippen molar-refractivity contribution in [3.05, 3.63) is 42.2 Å². The molecule has 188 valence electrons. The lowest BCUT2D eigenvalue weighted by Crippen LogP contribution is -2.52. The smallest absolute Gasteiger partial charge is 0.410 e. The van der Waals surface area contributed by atoms with Crippen molar-refractivity contribution < 1.29 is 23.4 Å². The van der Waals surface area contributed by atoms with E-state index in [2.05, 4.69) is 20.3 Å². The molecule has 0 bridgehead atoms. The standard InChI is InChI=1S/C24H30F2N6O3/c1-23(2,3)35-22(33)31-9-8-14(25)17(12-31)30-21-15(26)6-7-16(29-21)18-10-28-20-11-27-19(13-32(18)20)24(4,5)34/h6-7,10-11,13-14,17,34H,8-9,12H2,1-5H3,(H,29,30)/t14-,17-/m0/s1. The normalized spacial score (nSPS) is 19.1. The van der Waals surface area contributed by atoms with Gasteiger partial charge in [-0.3, -0.25) is 9.38 Å². The van der Waals surface area contributed by atoms with Gasteiger partial charge in [0.1, 0.15) is 17.4 Å². The molecule has 1 aliphatic rings. The average Bonchev–Trinajstić information content (AvgIpc) is 3.18. The van der Waals surface area contributed by atoms with Gasteiger partial charge in [0.05, 0.1) is 35.5 Å². The Bertz CT molecular complexity index is 1230. The van der Waals surface area contributed by atoms with Crippen molar-refractivity contribution in [2.45, 2.75) is 64.5 Å². The summed E-state index contributed by atoms with van der Waals surface area (Å²) in [6.07, 6.45) is 3.00. The third-order valence-electron chi connectivity index (χ3n) is 5.63. The van der Waals surface area contributed by atoms with Crippen LogP contribution in [0.1, 0.15) is 46.7 Å². The number of ether oxygens (including phenoxy) is 1. The highest BCUT2D eigenvalue weighted by Gasteiger charge is 2.34. The number of halogens is 2. The van der Waals surface area contributed by atoms with E-state index < -0.39 is 35.3 Å². The molecule has 1 fully saturated rings. The fourth-order valence-corrected chi connectivity index (χ4v) is 3.81. The van der Waals surface area contributed by atoms with Crippen LogP contribution in [0, 0.1) is 5.82 Å². The monoisotopic (exact) mass is 488 g/mol. The molecule has 2 atom stereocenters. The maximum Gasteiger partial charge on any atom is 0.410 e. The first-order chi connectivity index (χ1) is 16.3. The highest BCUT2D eigenvalue weighted by molar-refractivity contribution is 5.68. The second kappa shape index (κ2) is 9.03. The number of piperidine rings is 1. The number of amides is 1. The number of fused-ring (bicyclic) bond motifs is 1. The number of rotatable bonds is 4. The predicted octanol–water partition coefficient (Wildman–Crippen LogP) is 3.92. The van der Waals surface area contributed by atoms with Crippen LogP contribution in [0.4, 0.5) is 19.4 Å². The summed E-state index contributed by atoms with van der Waals surface area (Å²) in [6, 6.07) is 1.88. The number of hydrogen-bond acceptors (Lipinski definition) is 7. The van der Waals surface area contributed by atoms with E-state index in [-0.39, 0.29) is 25.3 Å². The Morgan fingerprint density at radius 2 is 1.94 bits per heavy atom. The summed E-state index contributed by atoms with van der Waals surface area (Å²) >= 11 is 0. The van der Waals surface area contributed by atoms with Crippen LogP contribution in [0.5, 0.6) is 0 Å². The fourth-order valence-electron chi connectivity index (χ4n) is 3.81. The Balaban J connectivity index is 1.60. The lowest BCUT2D eigenvalue weighted by atomic mass is 10.0. The van der Waals surface area contributed by atoms with Crippen molar-refractivity contribution in [3.8, 4) is 11.4 Å². The minimum absolute atomic E-state index is 0.0116. The molecule has 0 saturated carbocycles. The lowest BCUT2D eigenvalue weighted by Gasteiger charge is -2.36. The van der Waals surface area contributed by atoms with Gasteiger partial charge in [-0.2, -0.15) is 0 Å². The number of nitrogens with zero attached hydrogens (tertiary/aromatic N) is 5. The Labute approximate surface area is 202 Å². The Morgan fingerprint density at radius 1 is 1.20 bits per heavy atom. The Morgan fingerprint density at radius 3 is 2.63 bits per heavy atom. The van der Waals surface area contributed by atoms with E-state index in [1.54, 1.807) is 51.4 Å². The van der Waals surface area contributed by atoms with Crippen LogP contribution in [0.15, 0.2) is 30.7 Å². The molecule has 2 N–H and O–H groups in total. The zero-order valence-electron chi connectivity index (χ0n) is 20.4. The third-order valence-corrected chi connectivity index (χ3v) is 5.63.